The van der Waals surface area contributed by atoms with E-state index >= 15 is 0 Å². The van der Waals surface area contributed by atoms with Gasteiger partial charge in [-0.15, -0.1) is 0 Å². The molecule has 3 aromatic carbocycles. The van der Waals surface area contributed by atoms with Gasteiger partial charge in [0.15, 0.2) is 0 Å². The fourth-order valence-corrected chi connectivity index (χ4v) is 6.59. The van der Waals surface area contributed by atoms with Crippen LogP contribution < -0.4 is 20.1 Å². The quantitative estimate of drug-likeness (QED) is 0.122. The van der Waals surface area contributed by atoms with E-state index in [1.54, 1.807) is 31.4 Å². The van der Waals surface area contributed by atoms with Crippen LogP contribution in [-0.4, -0.2) is 62.4 Å². The van der Waals surface area contributed by atoms with E-state index in [9.17, 15) is 21.6 Å². The number of rotatable bonds is 12. The van der Waals surface area contributed by atoms with Crippen molar-refractivity contribution >= 4 is 54.6 Å². The molecule has 4 N–H and O–H groups in total. The number of sulfonamides is 1. The molecule has 1 aromatic heterocycles. The SMILES string of the molecule is COc1ccc(CCNc2nc(NCC3CCC(CNS(=O)(=O)c4ccc(Br)cc4)CC3)nc3ccccc23)cc1.O=C(O)C(F)(F)F. The average Bonchev–Trinajstić information content (AvgIpc) is 3.07. The van der Waals surface area contributed by atoms with Crippen molar-refractivity contribution < 1.29 is 36.2 Å². The van der Waals surface area contributed by atoms with Gasteiger partial charge in [-0.05, 0) is 98.0 Å². The second-order valence-electron chi connectivity index (χ2n) is 11.3. The summed E-state index contributed by atoms with van der Waals surface area (Å²) in [5, 5.41) is 15.1. The number of carbonyl (C=O) groups is 1. The number of nitrogens with one attached hydrogen (secondary N) is 3. The molecular weight excluding hydrogens is 715 g/mol. The van der Waals surface area contributed by atoms with Gasteiger partial charge in [0.05, 0.1) is 17.5 Å². The van der Waals surface area contributed by atoms with Gasteiger partial charge in [-0.25, -0.2) is 22.9 Å². The normalized spacial score (nSPS) is 16.4. The zero-order valence-corrected chi connectivity index (χ0v) is 28.5. The van der Waals surface area contributed by atoms with E-state index < -0.39 is 22.2 Å². The number of carboxylic acid groups (broad SMARTS) is 1. The molecule has 0 aliphatic heterocycles. The second-order valence-corrected chi connectivity index (χ2v) is 14.0. The maximum atomic E-state index is 12.6. The standard InChI is InChI=1S/C31H36BrN5O3S.C2HF3O2/c1-40-26-14-10-22(11-15-26)18-19-33-30-28-4-2-3-5-29(28)36-31(37-30)34-20-23-6-8-24(9-7-23)21-35-41(38,39)27-16-12-25(32)13-17-27;3-2(4,5)1(6)7/h2-5,10-17,23-24,35H,6-9,18-21H2,1H3,(H2,33,34,36,37);(H,6,7). The first-order chi connectivity index (χ1) is 22.8. The van der Waals surface area contributed by atoms with Gasteiger partial charge in [0.25, 0.3) is 0 Å². The van der Waals surface area contributed by atoms with Gasteiger partial charge < -0.3 is 20.5 Å². The Morgan fingerprint density at radius 2 is 1.52 bits per heavy atom. The molecular formula is C33H37BrF3N5O5S. The highest BCUT2D eigenvalue weighted by atomic mass is 79.9. The van der Waals surface area contributed by atoms with E-state index in [4.69, 9.17) is 24.6 Å². The Hall–Kier alpha value is -3.95. The lowest BCUT2D eigenvalue weighted by Gasteiger charge is -2.28. The first-order valence-corrected chi connectivity index (χ1v) is 17.5. The van der Waals surface area contributed by atoms with E-state index in [0.29, 0.717) is 29.2 Å². The zero-order chi connectivity index (χ0) is 34.7. The van der Waals surface area contributed by atoms with Crippen LogP contribution in [0, 0.1) is 11.8 Å². The van der Waals surface area contributed by atoms with Crippen molar-refractivity contribution in [2.24, 2.45) is 11.8 Å². The lowest BCUT2D eigenvalue weighted by Crippen LogP contribution is -2.32. The molecule has 48 heavy (non-hydrogen) atoms. The van der Waals surface area contributed by atoms with E-state index in [1.807, 2.05) is 36.4 Å². The van der Waals surface area contributed by atoms with Crippen molar-refractivity contribution in [1.82, 2.24) is 14.7 Å². The lowest BCUT2D eigenvalue weighted by molar-refractivity contribution is -0.192. The largest absolute Gasteiger partial charge is 0.497 e. The van der Waals surface area contributed by atoms with Crippen molar-refractivity contribution in [2.45, 2.75) is 43.2 Å². The van der Waals surface area contributed by atoms with Crippen LogP contribution in [0.4, 0.5) is 24.9 Å². The van der Waals surface area contributed by atoms with E-state index in [2.05, 4.69) is 43.4 Å². The molecule has 0 unspecified atom stereocenters. The van der Waals surface area contributed by atoms with Gasteiger partial charge in [-0.3, -0.25) is 0 Å². The Morgan fingerprint density at radius 1 is 0.917 bits per heavy atom. The third-order valence-electron chi connectivity index (χ3n) is 7.91. The van der Waals surface area contributed by atoms with Crippen molar-refractivity contribution in [2.75, 3.05) is 37.4 Å². The van der Waals surface area contributed by atoms with E-state index in [0.717, 1.165) is 72.1 Å². The molecule has 0 radical (unpaired) electrons. The lowest BCUT2D eigenvalue weighted by atomic mass is 9.82. The van der Waals surface area contributed by atoms with Crippen LogP contribution in [0.25, 0.3) is 10.9 Å². The molecule has 0 saturated heterocycles. The number of hydrogen-bond acceptors (Lipinski definition) is 8. The highest BCUT2D eigenvalue weighted by Gasteiger charge is 2.38. The predicted octanol–water partition coefficient (Wildman–Crippen LogP) is 6.89. The summed E-state index contributed by atoms with van der Waals surface area (Å²) < 4.78 is 65.9. The first kappa shape index (κ1) is 36.9. The average molecular weight is 753 g/mol. The molecule has 1 heterocycles. The van der Waals surface area contributed by atoms with Crippen LogP contribution in [0.1, 0.15) is 31.2 Å². The maximum Gasteiger partial charge on any atom is 0.490 e. The molecule has 1 aliphatic carbocycles. The monoisotopic (exact) mass is 751 g/mol. The number of para-hydroxylation sites is 1. The Kier molecular flexibility index (Phi) is 13.0. The Labute approximate surface area is 285 Å². The zero-order valence-electron chi connectivity index (χ0n) is 26.1. The molecule has 1 fully saturated rings. The summed E-state index contributed by atoms with van der Waals surface area (Å²) in [6.07, 6.45) is -0.151. The summed E-state index contributed by atoms with van der Waals surface area (Å²) in [5.74, 6) is 0.390. The summed E-state index contributed by atoms with van der Waals surface area (Å²) >= 11 is 3.35. The number of hydrogen-bond donors (Lipinski definition) is 4. The summed E-state index contributed by atoms with van der Waals surface area (Å²) in [7, 11) is -1.82. The van der Waals surface area contributed by atoms with Crippen LogP contribution in [-0.2, 0) is 21.2 Å². The molecule has 0 atom stereocenters. The van der Waals surface area contributed by atoms with Crippen LogP contribution >= 0.6 is 15.9 Å². The third-order valence-corrected chi connectivity index (χ3v) is 9.88. The van der Waals surface area contributed by atoms with Crippen molar-refractivity contribution in [1.29, 1.82) is 0 Å². The molecule has 15 heteroatoms. The predicted molar refractivity (Wildman–Crippen MR) is 182 cm³/mol. The minimum atomic E-state index is -5.08. The number of aromatic nitrogens is 2. The molecule has 0 spiro atoms. The van der Waals surface area contributed by atoms with Gasteiger partial charge in [0.1, 0.15) is 11.6 Å². The Balaban J connectivity index is 0.000000671. The summed E-state index contributed by atoms with van der Waals surface area (Å²) in [6.45, 7) is 2.02. The molecule has 1 aliphatic rings. The highest BCUT2D eigenvalue weighted by Crippen LogP contribution is 2.29. The van der Waals surface area contributed by atoms with Crippen LogP contribution in [0.15, 0.2) is 82.2 Å². The smallest absolute Gasteiger partial charge is 0.490 e. The number of benzene rings is 3. The first-order valence-electron chi connectivity index (χ1n) is 15.3. The summed E-state index contributed by atoms with van der Waals surface area (Å²) in [4.78, 5) is 18.8. The Bertz CT molecular complexity index is 1750. The minimum absolute atomic E-state index is 0.295. The van der Waals surface area contributed by atoms with Crippen molar-refractivity contribution in [3.05, 3.63) is 82.8 Å². The van der Waals surface area contributed by atoms with Gasteiger partial charge in [0, 0.05) is 29.5 Å². The fourth-order valence-electron chi connectivity index (χ4n) is 5.21. The second kappa shape index (κ2) is 16.9. The number of anilines is 2. The van der Waals surface area contributed by atoms with E-state index in [-0.39, 0.29) is 0 Å². The van der Waals surface area contributed by atoms with Crippen LogP contribution in [0.3, 0.4) is 0 Å². The van der Waals surface area contributed by atoms with Crippen molar-refractivity contribution in [3.63, 3.8) is 0 Å². The minimum Gasteiger partial charge on any atom is -0.497 e. The van der Waals surface area contributed by atoms with Crippen LogP contribution in [0.5, 0.6) is 5.75 Å². The molecule has 5 rings (SSSR count). The highest BCUT2D eigenvalue weighted by molar-refractivity contribution is 9.10. The molecule has 10 nitrogen and oxygen atoms in total. The molecule has 0 amide bonds. The Morgan fingerprint density at radius 3 is 2.12 bits per heavy atom. The number of carboxylic acids is 1. The number of methoxy groups -OCH3 is 1. The fraction of sp³-hybridized carbons (Fsp3) is 0.364. The third kappa shape index (κ3) is 11.1. The van der Waals surface area contributed by atoms with Crippen LogP contribution in [0.2, 0.25) is 0 Å². The number of nitrogens with zero attached hydrogens (tertiary/aromatic N) is 2. The molecule has 0 bridgehead atoms. The number of ether oxygens (including phenoxy) is 1. The number of halogens is 4. The molecule has 258 valence electrons. The van der Waals surface area contributed by atoms with Gasteiger partial charge in [0.2, 0.25) is 16.0 Å². The topological polar surface area (TPSA) is 143 Å². The molecule has 1 saturated carbocycles. The van der Waals surface area contributed by atoms with Gasteiger partial charge in [-0.1, -0.05) is 40.2 Å². The maximum absolute atomic E-state index is 12.6. The van der Waals surface area contributed by atoms with Gasteiger partial charge in [-0.2, -0.15) is 18.2 Å². The van der Waals surface area contributed by atoms with Gasteiger partial charge >= 0.3 is 12.1 Å². The number of alkyl halides is 3. The number of fused-ring (bicyclic) bond motifs is 1. The number of aliphatic carboxylic acids is 1. The molecule has 4 aromatic rings. The summed E-state index contributed by atoms with van der Waals surface area (Å²) in [6, 6.07) is 22.9. The van der Waals surface area contributed by atoms with E-state index in [1.165, 1.54) is 5.56 Å². The van der Waals surface area contributed by atoms with Crippen molar-refractivity contribution in [3.8, 4) is 5.75 Å². The summed E-state index contributed by atoms with van der Waals surface area (Å²) in [5.41, 5.74) is 2.13.